The van der Waals surface area contributed by atoms with E-state index in [0.717, 1.165) is 18.5 Å². The molecule has 0 aromatic heterocycles. The van der Waals surface area contributed by atoms with Crippen LogP contribution in [0.5, 0.6) is 0 Å². The Morgan fingerprint density at radius 2 is 2.14 bits per heavy atom. The average Bonchev–Trinajstić information content (AvgIpc) is 2.19. The van der Waals surface area contributed by atoms with Crippen molar-refractivity contribution < 1.29 is 4.39 Å². The van der Waals surface area contributed by atoms with Crippen molar-refractivity contribution in [1.29, 1.82) is 0 Å². The first kappa shape index (κ1) is 11.5. The van der Waals surface area contributed by atoms with Gasteiger partial charge in [0.25, 0.3) is 0 Å². The van der Waals surface area contributed by atoms with Gasteiger partial charge in [-0.2, -0.15) is 0 Å². The van der Waals surface area contributed by atoms with Crippen molar-refractivity contribution in [2.45, 2.75) is 19.8 Å². The molecule has 0 aliphatic carbocycles. The van der Waals surface area contributed by atoms with Crippen molar-refractivity contribution in [3.05, 3.63) is 34.1 Å². The minimum atomic E-state index is -0.276. The number of aryl methyl sites for hydroxylation is 1. The molecule has 0 heterocycles. The molecule has 0 fully saturated rings. The highest BCUT2D eigenvalue weighted by Gasteiger charge is 2.07. The molecule has 0 saturated carbocycles. The van der Waals surface area contributed by atoms with Crippen LogP contribution in [0, 0.1) is 5.82 Å². The van der Waals surface area contributed by atoms with Gasteiger partial charge in [-0.3, -0.25) is 0 Å². The van der Waals surface area contributed by atoms with Crippen molar-refractivity contribution in [1.82, 2.24) is 5.32 Å². The minimum absolute atomic E-state index is 0.232. The largest absolute Gasteiger partial charge is 0.319 e. The Morgan fingerprint density at radius 3 is 2.71 bits per heavy atom. The van der Waals surface area contributed by atoms with Gasteiger partial charge < -0.3 is 5.32 Å². The van der Waals surface area contributed by atoms with Gasteiger partial charge in [-0.05, 0) is 43.6 Å². The zero-order valence-electron chi connectivity index (χ0n) is 8.53. The molecule has 0 amide bonds. The van der Waals surface area contributed by atoms with E-state index in [0.29, 0.717) is 12.0 Å². The van der Waals surface area contributed by atoms with Crippen LogP contribution in [0.2, 0.25) is 5.02 Å². The molecule has 0 aliphatic rings. The zero-order valence-corrected chi connectivity index (χ0v) is 9.29. The molecule has 1 nitrogen and oxygen atoms in total. The normalized spacial score (nSPS) is 10.6. The Bertz CT molecular complexity index is 312. The fourth-order valence-electron chi connectivity index (χ4n) is 1.38. The van der Waals surface area contributed by atoms with E-state index in [1.54, 1.807) is 6.07 Å². The Morgan fingerprint density at radius 1 is 1.43 bits per heavy atom. The lowest BCUT2D eigenvalue weighted by molar-refractivity contribution is 0.611. The van der Waals surface area contributed by atoms with E-state index in [4.69, 9.17) is 11.6 Å². The minimum Gasteiger partial charge on any atom is -0.319 e. The molecule has 0 spiro atoms. The van der Waals surface area contributed by atoms with Crippen LogP contribution in [-0.2, 0) is 12.8 Å². The Hall–Kier alpha value is -0.600. The maximum absolute atomic E-state index is 13.4. The third-order valence-electron chi connectivity index (χ3n) is 2.21. The van der Waals surface area contributed by atoms with Crippen LogP contribution in [-0.4, -0.2) is 13.6 Å². The molecule has 1 rings (SSSR count). The highest BCUT2D eigenvalue weighted by atomic mass is 35.5. The summed E-state index contributed by atoms with van der Waals surface area (Å²) in [5.74, 6) is -0.276. The van der Waals surface area contributed by atoms with E-state index < -0.39 is 0 Å². The summed E-state index contributed by atoms with van der Waals surface area (Å²) in [6, 6.07) is 3.59. The lowest BCUT2D eigenvalue weighted by atomic mass is 10.1. The van der Waals surface area contributed by atoms with Gasteiger partial charge in [0, 0.05) is 0 Å². The average molecular weight is 216 g/mol. The van der Waals surface area contributed by atoms with Crippen LogP contribution < -0.4 is 5.32 Å². The fraction of sp³-hybridized carbons (Fsp3) is 0.455. The summed E-state index contributed by atoms with van der Waals surface area (Å²) in [4.78, 5) is 0. The quantitative estimate of drug-likeness (QED) is 0.815. The van der Waals surface area contributed by atoms with Crippen LogP contribution in [0.25, 0.3) is 0 Å². The molecule has 0 radical (unpaired) electrons. The van der Waals surface area contributed by atoms with Crippen molar-refractivity contribution in [2.75, 3.05) is 13.6 Å². The second-order valence-electron chi connectivity index (χ2n) is 3.26. The molecule has 3 heteroatoms. The first-order valence-electron chi connectivity index (χ1n) is 4.80. The molecule has 1 N–H and O–H groups in total. The van der Waals surface area contributed by atoms with E-state index in [2.05, 4.69) is 5.32 Å². The molecule has 0 atom stereocenters. The highest BCUT2D eigenvalue weighted by molar-refractivity contribution is 6.30. The second-order valence-corrected chi connectivity index (χ2v) is 3.67. The smallest absolute Gasteiger partial charge is 0.144 e. The van der Waals surface area contributed by atoms with Crippen molar-refractivity contribution in [3.63, 3.8) is 0 Å². The second kappa shape index (κ2) is 5.32. The SMILES string of the molecule is CCc1cc(CCNC)cc(Cl)c1F. The predicted molar refractivity (Wildman–Crippen MR) is 58.4 cm³/mol. The first-order chi connectivity index (χ1) is 6.69. The number of halogens is 2. The third-order valence-corrected chi connectivity index (χ3v) is 2.48. The maximum atomic E-state index is 13.4. The Kier molecular flexibility index (Phi) is 4.36. The first-order valence-corrected chi connectivity index (χ1v) is 5.18. The van der Waals surface area contributed by atoms with E-state index >= 15 is 0 Å². The number of rotatable bonds is 4. The summed E-state index contributed by atoms with van der Waals surface area (Å²) < 4.78 is 13.4. The topological polar surface area (TPSA) is 12.0 Å². The molecule has 0 saturated heterocycles. The molecule has 1 aromatic carbocycles. The van der Waals surface area contributed by atoms with Gasteiger partial charge in [0.05, 0.1) is 5.02 Å². The standard InChI is InChI=1S/C11H15ClFN/c1-3-9-6-8(4-5-14-2)7-10(12)11(9)13/h6-7,14H,3-5H2,1-2H3. The van der Waals surface area contributed by atoms with Crippen LogP contribution in [0.1, 0.15) is 18.1 Å². The summed E-state index contributed by atoms with van der Waals surface area (Å²) in [6.45, 7) is 2.81. The van der Waals surface area contributed by atoms with Crippen LogP contribution in [0.4, 0.5) is 4.39 Å². The lowest BCUT2D eigenvalue weighted by Gasteiger charge is -2.06. The van der Waals surface area contributed by atoms with Crippen molar-refractivity contribution in [3.8, 4) is 0 Å². The summed E-state index contributed by atoms with van der Waals surface area (Å²) in [7, 11) is 1.89. The van der Waals surface area contributed by atoms with Crippen LogP contribution >= 0.6 is 11.6 Å². The van der Waals surface area contributed by atoms with Gasteiger partial charge >= 0.3 is 0 Å². The van der Waals surface area contributed by atoms with Crippen molar-refractivity contribution >= 4 is 11.6 Å². The van der Waals surface area contributed by atoms with E-state index in [1.165, 1.54) is 0 Å². The maximum Gasteiger partial charge on any atom is 0.144 e. The number of hydrogen-bond donors (Lipinski definition) is 1. The molecule has 1 aromatic rings. The summed E-state index contributed by atoms with van der Waals surface area (Å²) >= 11 is 5.78. The van der Waals surface area contributed by atoms with Crippen LogP contribution in [0.3, 0.4) is 0 Å². The molecule has 0 aliphatic heterocycles. The molecular weight excluding hydrogens is 201 g/mol. The van der Waals surface area contributed by atoms with Gasteiger partial charge in [0.1, 0.15) is 5.82 Å². The highest BCUT2D eigenvalue weighted by Crippen LogP contribution is 2.21. The third kappa shape index (κ3) is 2.69. The number of benzene rings is 1. The molecular formula is C11H15ClFN. The van der Waals surface area contributed by atoms with E-state index in [9.17, 15) is 4.39 Å². The van der Waals surface area contributed by atoms with Crippen molar-refractivity contribution in [2.24, 2.45) is 0 Å². The molecule has 0 unspecified atom stereocenters. The van der Waals surface area contributed by atoms with Crippen LogP contribution in [0.15, 0.2) is 12.1 Å². The zero-order chi connectivity index (χ0) is 10.6. The molecule has 78 valence electrons. The van der Waals surface area contributed by atoms with Gasteiger partial charge in [-0.25, -0.2) is 4.39 Å². The van der Waals surface area contributed by atoms with Gasteiger partial charge in [-0.15, -0.1) is 0 Å². The summed E-state index contributed by atoms with van der Waals surface area (Å²) in [5.41, 5.74) is 1.78. The summed E-state index contributed by atoms with van der Waals surface area (Å²) in [5, 5.41) is 3.28. The van der Waals surface area contributed by atoms with Gasteiger partial charge in [0.15, 0.2) is 0 Å². The number of nitrogens with one attached hydrogen (secondary N) is 1. The molecule has 14 heavy (non-hydrogen) atoms. The monoisotopic (exact) mass is 215 g/mol. The Labute approximate surface area is 89.3 Å². The predicted octanol–water partition coefficient (Wildman–Crippen LogP) is 2.80. The van der Waals surface area contributed by atoms with E-state index in [-0.39, 0.29) is 10.8 Å². The summed E-state index contributed by atoms with van der Waals surface area (Å²) in [6.07, 6.45) is 1.56. The number of hydrogen-bond acceptors (Lipinski definition) is 1. The van der Waals surface area contributed by atoms with Gasteiger partial charge in [0.2, 0.25) is 0 Å². The Balaban J connectivity index is 2.91. The molecule has 0 bridgehead atoms. The van der Waals surface area contributed by atoms with E-state index in [1.807, 2.05) is 20.0 Å². The lowest BCUT2D eigenvalue weighted by Crippen LogP contribution is -2.10. The fourth-order valence-corrected chi connectivity index (χ4v) is 1.64. The van der Waals surface area contributed by atoms with Gasteiger partial charge in [-0.1, -0.05) is 24.6 Å². The number of likely N-dealkylation sites (N-methyl/N-ethyl adjacent to an activating group) is 1.